The van der Waals surface area contributed by atoms with Crippen LogP contribution in [0.15, 0.2) is 66.2 Å². The number of hydrogen-bond acceptors (Lipinski definition) is 9. The number of nitrogens with zero attached hydrogens (tertiary/aromatic N) is 2. The maximum atomic E-state index is 13.2. The van der Waals surface area contributed by atoms with Gasteiger partial charge in [-0.05, 0) is 59.7 Å². The van der Waals surface area contributed by atoms with E-state index in [9.17, 15) is 9.90 Å². The van der Waals surface area contributed by atoms with Crippen LogP contribution < -0.4 is 14.2 Å². The van der Waals surface area contributed by atoms with Crippen LogP contribution in [-0.4, -0.2) is 41.2 Å². The van der Waals surface area contributed by atoms with Crippen LogP contribution >= 0.6 is 11.7 Å². The molecule has 2 heterocycles. The lowest BCUT2D eigenvalue weighted by Gasteiger charge is -2.26. The van der Waals surface area contributed by atoms with Gasteiger partial charge in [0.1, 0.15) is 16.8 Å². The van der Waals surface area contributed by atoms with Crippen molar-refractivity contribution in [3.8, 4) is 17.2 Å². The number of aliphatic hydroxyl groups is 1. The fourth-order valence-corrected chi connectivity index (χ4v) is 4.74. The molecule has 0 saturated heterocycles. The minimum atomic E-state index is -1.97. The first-order valence-corrected chi connectivity index (χ1v) is 11.5. The van der Waals surface area contributed by atoms with Crippen molar-refractivity contribution in [3.63, 3.8) is 0 Å². The van der Waals surface area contributed by atoms with Gasteiger partial charge in [0, 0.05) is 17.6 Å². The predicted molar refractivity (Wildman–Crippen MR) is 131 cm³/mol. The summed E-state index contributed by atoms with van der Waals surface area (Å²) in [6.07, 6.45) is 0.220. The summed E-state index contributed by atoms with van der Waals surface area (Å²) in [6.45, 7) is 0. The van der Waals surface area contributed by atoms with Gasteiger partial charge in [-0.3, -0.25) is 0 Å². The van der Waals surface area contributed by atoms with E-state index in [1.807, 2.05) is 12.1 Å². The third kappa shape index (κ3) is 3.98. The predicted octanol–water partition coefficient (Wildman–Crippen LogP) is 4.12. The molecule has 0 fully saturated rings. The number of methoxy groups -OCH3 is 3. The highest BCUT2D eigenvalue weighted by Crippen LogP contribution is 2.45. The average molecular weight is 491 g/mol. The summed E-state index contributed by atoms with van der Waals surface area (Å²) in [5.41, 5.74) is 3.89. The van der Waals surface area contributed by atoms with Crippen LogP contribution in [0.25, 0.3) is 16.6 Å². The van der Waals surface area contributed by atoms with E-state index in [1.165, 1.54) is 0 Å². The third-order valence-electron chi connectivity index (χ3n) is 6.01. The van der Waals surface area contributed by atoms with Crippen molar-refractivity contribution in [1.82, 2.24) is 8.75 Å². The van der Waals surface area contributed by atoms with Gasteiger partial charge in [0.25, 0.3) is 5.79 Å². The molecule has 1 aromatic heterocycles. The second-order valence-electron chi connectivity index (χ2n) is 7.95. The van der Waals surface area contributed by atoms with Crippen molar-refractivity contribution < 1.29 is 28.8 Å². The van der Waals surface area contributed by atoms with E-state index >= 15 is 0 Å². The molecular weight excluding hydrogens is 468 g/mol. The fraction of sp³-hybridized carbons (Fsp3) is 0.192. The molecule has 1 atom stereocenters. The van der Waals surface area contributed by atoms with Gasteiger partial charge in [-0.25, -0.2) is 4.79 Å². The molecule has 1 N–H and O–H groups in total. The maximum absolute atomic E-state index is 13.2. The number of benzene rings is 3. The van der Waals surface area contributed by atoms with Gasteiger partial charge < -0.3 is 24.1 Å². The number of esters is 1. The first-order valence-electron chi connectivity index (χ1n) is 10.7. The average Bonchev–Trinajstić information content (AvgIpc) is 3.45. The number of cyclic esters (lactones) is 1. The Labute approximate surface area is 205 Å². The number of carbonyl (C=O) groups is 1. The molecule has 0 aliphatic carbocycles. The Kier molecular flexibility index (Phi) is 5.88. The van der Waals surface area contributed by atoms with E-state index in [2.05, 4.69) is 8.75 Å². The lowest BCUT2D eigenvalue weighted by Crippen LogP contribution is -2.29. The van der Waals surface area contributed by atoms with E-state index in [0.29, 0.717) is 39.5 Å². The van der Waals surface area contributed by atoms with Crippen LogP contribution in [0.5, 0.6) is 17.2 Å². The maximum Gasteiger partial charge on any atom is 0.342 e. The Balaban J connectivity index is 1.68. The van der Waals surface area contributed by atoms with Gasteiger partial charge >= 0.3 is 5.97 Å². The molecule has 0 amide bonds. The van der Waals surface area contributed by atoms with Gasteiger partial charge in [0.2, 0.25) is 0 Å². The SMILES string of the molecule is COc1ccc(C2(O)OC(=O)C(c3ccc4nsnc4c3)=C2Cc2ccc(OC)c(OC)c2)cc1. The highest BCUT2D eigenvalue weighted by Gasteiger charge is 2.48. The molecule has 9 heteroatoms. The number of rotatable bonds is 7. The van der Waals surface area contributed by atoms with Crippen LogP contribution in [-0.2, 0) is 21.7 Å². The molecule has 0 radical (unpaired) electrons. The van der Waals surface area contributed by atoms with Gasteiger partial charge in [-0.15, -0.1) is 0 Å². The molecule has 1 aliphatic rings. The molecule has 8 nitrogen and oxygen atoms in total. The lowest BCUT2D eigenvalue weighted by molar-refractivity contribution is -0.185. The van der Waals surface area contributed by atoms with E-state index in [1.54, 1.807) is 69.9 Å². The molecular formula is C26H22N2O6S. The molecule has 35 heavy (non-hydrogen) atoms. The van der Waals surface area contributed by atoms with Gasteiger partial charge in [-0.2, -0.15) is 8.75 Å². The molecule has 0 saturated carbocycles. The first kappa shape index (κ1) is 22.8. The topological polar surface area (TPSA) is 100 Å². The van der Waals surface area contributed by atoms with Gasteiger partial charge in [0.15, 0.2) is 11.5 Å². The molecule has 178 valence electrons. The van der Waals surface area contributed by atoms with E-state index in [4.69, 9.17) is 18.9 Å². The van der Waals surface area contributed by atoms with Gasteiger partial charge in [-0.1, -0.05) is 12.1 Å². The lowest BCUT2D eigenvalue weighted by atomic mass is 9.88. The quantitative estimate of drug-likeness (QED) is 0.386. The standard InChI is InChI=1S/C26H22N2O6S/c1-31-18-8-6-17(7-9-18)26(30)19(12-15-4-11-22(32-2)23(13-15)33-3)24(25(29)34-26)16-5-10-20-21(14-16)28-35-27-20/h4-11,13-14,30H,12H2,1-3H3. The number of aromatic nitrogens is 2. The summed E-state index contributed by atoms with van der Waals surface area (Å²) in [7, 11) is 4.68. The number of hydrogen-bond donors (Lipinski definition) is 1. The molecule has 4 aromatic rings. The minimum absolute atomic E-state index is 0.220. The summed E-state index contributed by atoms with van der Waals surface area (Å²) in [4.78, 5) is 13.2. The minimum Gasteiger partial charge on any atom is -0.497 e. The van der Waals surface area contributed by atoms with Crippen molar-refractivity contribution in [2.75, 3.05) is 21.3 Å². The molecule has 3 aromatic carbocycles. The zero-order valence-corrected chi connectivity index (χ0v) is 20.1. The zero-order valence-electron chi connectivity index (χ0n) is 19.3. The van der Waals surface area contributed by atoms with Crippen molar-refractivity contribution >= 4 is 34.3 Å². The normalized spacial score (nSPS) is 17.5. The largest absolute Gasteiger partial charge is 0.497 e. The number of ether oxygens (including phenoxy) is 4. The highest BCUT2D eigenvalue weighted by molar-refractivity contribution is 7.00. The second kappa shape index (κ2) is 9.01. The Morgan fingerprint density at radius 3 is 2.34 bits per heavy atom. The summed E-state index contributed by atoms with van der Waals surface area (Å²) >= 11 is 1.10. The highest BCUT2D eigenvalue weighted by atomic mass is 32.1. The molecule has 1 unspecified atom stereocenters. The van der Waals surface area contributed by atoms with Crippen molar-refractivity contribution in [1.29, 1.82) is 0 Å². The number of carbonyl (C=O) groups excluding carboxylic acids is 1. The summed E-state index contributed by atoms with van der Waals surface area (Å²) in [5, 5.41) is 11.8. The fourth-order valence-electron chi connectivity index (χ4n) is 4.22. The van der Waals surface area contributed by atoms with Gasteiger partial charge in [0.05, 0.1) is 38.6 Å². The molecule has 1 aliphatic heterocycles. The monoisotopic (exact) mass is 490 g/mol. The summed E-state index contributed by atoms with van der Waals surface area (Å²) in [6, 6.07) is 17.6. The number of fused-ring (bicyclic) bond motifs is 1. The van der Waals surface area contributed by atoms with Crippen molar-refractivity contribution in [2.45, 2.75) is 12.2 Å². The molecule has 0 spiro atoms. The van der Waals surface area contributed by atoms with Crippen molar-refractivity contribution in [3.05, 3.63) is 82.9 Å². The van der Waals surface area contributed by atoms with Crippen LogP contribution in [0, 0.1) is 0 Å². The van der Waals surface area contributed by atoms with Crippen molar-refractivity contribution in [2.24, 2.45) is 0 Å². The first-order chi connectivity index (χ1) is 17.0. The summed E-state index contributed by atoms with van der Waals surface area (Å²) < 4.78 is 30.2. The van der Waals surface area contributed by atoms with Crippen LogP contribution in [0.4, 0.5) is 0 Å². The van der Waals surface area contributed by atoms with E-state index < -0.39 is 11.8 Å². The Bertz CT molecular complexity index is 1450. The molecule has 0 bridgehead atoms. The van der Waals surface area contributed by atoms with E-state index in [-0.39, 0.29) is 12.0 Å². The second-order valence-corrected chi connectivity index (χ2v) is 8.48. The summed E-state index contributed by atoms with van der Waals surface area (Å²) in [5.74, 6) is -0.854. The van der Waals surface area contributed by atoms with Crippen LogP contribution in [0.3, 0.4) is 0 Å². The Morgan fingerprint density at radius 1 is 0.886 bits per heavy atom. The smallest absolute Gasteiger partial charge is 0.342 e. The van der Waals surface area contributed by atoms with Crippen LogP contribution in [0.1, 0.15) is 16.7 Å². The van der Waals surface area contributed by atoms with E-state index in [0.717, 1.165) is 22.8 Å². The Hall–Kier alpha value is -3.95. The third-order valence-corrected chi connectivity index (χ3v) is 6.56. The van der Waals surface area contributed by atoms with Crippen LogP contribution in [0.2, 0.25) is 0 Å². The molecule has 5 rings (SSSR count). The zero-order chi connectivity index (χ0) is 24.6. The Morgan fingerprint density at radius 2 is 1.63 bits per heavy atom.